The largest absolute Gasteiger partial charge is 0.458 e. The van der Waals surface area contributed by atoms with Gasteiger partial charge in [-0.25, -0.2) is 39.1 Å². The normalized spacial score (nSPS) is 17.4. The Bertz CT molecular complexity index is 3430. The molecule has 21 heteroatoms. The molecule has 20 nitrogen and oxygen atoms in total. The van der Waals surface area contributed by atoms with Crippen molar-refractivity contribution in [2.24, 2.45) is 0 Å². The lowest BCUT2D eigenvalue weighted by Gasteiger charge is -2.21. The first-order chi connectivity index (χ1) is 37.3. The highest BCUT2D eigenvalue weighted by Gasteiger charge is 2.33. The lowest BCUT2D eigenvalue weighted by molar-refractivity contribution is 0.0277. The second-order valence-electron chi connectivity index (χ2n) is 17.9. The zero-order chi connectivity index (χ0) is 54.3. The van der Waals surface area contributed by atoms with E-state index in [1.165, 1.54) is 0 Å². The molecule has 4 atom stereocenters. The molecule has 4 aromatic heterocycles. The summed E-state index contributed by atoms with van der Waals surface area (Å²) < 4.78 is 28.6. The second kappa shape index (κ2) is 22.8. The van der Waals surface area contributed by atoms with E-state index in [0.29, 0.717) is 70.7 Å². The molecule has 0 bridgehead atoms. The van der Waals surface area contributed by atoms with Gasteiger partial charge in [0.1, 0.15) is 49.7 Å². The summed E-state index contributed by atoms with van der Waals surface area (Å²) in [4.78, 5) is 65.1. The van der Waals surface area contributed by atoms with Crippen LogP contribution < -0.4 is 0 Å². The van der Waals surface area contributed by atoms with Gasteiger partial charge in [-0.05, 0) is 118 Å². The number of benzene rings is 4. The van der Waals surface area contributed by atoms with Gasteiger partial charge in [-0.15, -0.1) is 0 Å². The highest BCUT2D eigenvalue weighted by atomic mass is 127. The van der Waals surface area contributed by atoms with Crippen molar-refractivity contribution in [3.05, 3.63) is 190 Å². The summed E-state index contributed by atoms with van der Waals surface area (Å²) in [6, 6.07) is 36.2. The summed E-state index contributed by atoms with van der Waals surface area (Å²) in [5, 5.41) is 35.1. The molecule has 0 saturated heterocycles. The van der Waals surface area contributed by atoms with Crippen molar-refractivity contribution in [3.63, 3.8) is 0 Å². The van der Waals surface area contributed by atoms with Crippen molar-refractivity contribution in [1.82, 2.24) is 38.2 Å². The molecule has 0 amide bonds. The van der Waals surface area contributed by atoms with Crippen LogP contribution in [0.15, 0.2) is 122 Å². The van der Waals surface area contributed by atoms with Gasteiger partial charge < -0.3 is 18.9 Å². The molecule has 4 unspecified atom stereocenters. The number of ether oxygens (including phenoxy) is 4. The minimum absolute atomic E-state index is 0.0973. The van der Waals surface area contributed by atoms with Gasteiger partial charge in [0.05, 0.1) is 69.3 Å². The van der Waals surface area contributed by atoms with Crippen LogP contribution in [-0.4, -0.2) is 90.9 Å². The molecule has 382 valence electrons. The number of halogens is 1. The maximum absolute atomic E-state index is 12.1. The average Bonchev–Trinajstić information content (AvgIpc) is 4.29. The Hall–Kier alpha value is -9.71. The van der Waals surface area contributed by atoms with Crippen molar-refractivity contribution in [2.45, 2.75) is 70.9 Å². The first-order valence-corrected chi connectivity index (χ1v) is 25.5. The van der Waals surface area contributed by atoms with E-state index in [9.17, 15) is 19.2 Å². The molecule has 4 aliphatic rings. The highest BCUT2D eigenvalue weighted by Crippen LogP contribution is 2.27. The zero-order valence-corrected chi connectivity index (χ0v) is 43.6. The van der Waals surface area contributed by atoms with Crippen LogP contribution in [0.1, 0.15) is 108 Å². The zero-order valence-electron chi connectivity index (χ0n) is 41.4. The van der Waals surface area contributed by atoms with Crippen molar-refractivity contribution in [3.8, 4) is 47.0 Å². The number of alkyl halides is 1. The number of esters is 4. The lowest BCUT2D eigenvalue weighted by atomic mass is 10.1. The maximum Gasteiger partial charge on any atom is 0.357 e. The van der Waals surface area contributed by atoms with Crippen LogP contribution in [-0.2, 0) is 44.6 Å². The fourth-order valence-electron chi connectivity index (χ4n) is 8.78. The van der Waals surface area contributed by atoms with E-state index in [0.717, 1.165) is 50.0 Å². The van der Waals surface area contributed by atoms with Gasteiger partial charge in [0.25, 0.3) is 0 Å². The van der Waals surface area contributed by atoms with Crippen LogP contribution in [0, 0.1) is 45.3 Å². The molecule has 0 radical (unpaired) electrons. The van der Waals surface area contributed by atoms with Crippen molar-refractivity contribution < 1.29 is 38.1 Å². The van der Waals surface area contributed by atoms with Crippen LogP contribution in [0.25, 0.3) is 22.7 Å². The van der Waals surface area contributed by atoms with E-state index >= 15 is 0 Å². The monoisotopic (exact) mass is 1140 g/mol. The maximum atomic E-state index is 12.1. The van der Waals surface area contributed by atoms with Crippen molar-refractivity contribution in [1.29, 1.82) is 21.0 Å². The number of cyclic esters (lactones) is 4. The van der Waals surface area contributed by atoms with Crippen LogP contribution >= 0.6 is 22.6 Å². The summed E-state index contributed by atoms with van der Waals surface area (Å²) in [7, 11) is 0. The number of imidazole rings is 4. The van der Waals surface area contributed by atoms with Crippen LogP contribution in [0.3, 0.4) is 0 Å². The Morgan fingerprint density at radius 3 is 0.883 bits per heavy atom. The average molecular weight is 1140 g/mol. The molecule has 8 aromatic rings. The first kappa shape index (κ1) is 52.2. The number of carbonyl (C=O) groups is 4. The first-order valence-electron chi connectivity index (χ1n) is 24.0. The molecule has 0 saturated carbocycles. The van der Waals surface area contributed by atoms with Gasteiger partial charge in [0, 0.05) is 52.9 Å². The fraction of sp³-hybridized carbons (Fsp3) is 0.214. The summed E-state index contributed by atoms with van der Waals surface area (Å²) in [6.07, 6.45) is 8.51. The number of nitrogens with zero attached hydrogens (tertiary/aromatic N) is 12. The number of carbonyl (C=O) groups excluding carboxylic acids is 4. The predicted octanol–water partition coefficient (Wildman–Crippen LogP) is 7.80. The SMILES string of the molecule is CC1Cc2ncn(-c3ccc(C#N)cc3)c2C(=O)O1.CC1Cc2ncn(-c3ccc(C#N)cc3)c2C(=O)O1.CC1Cc2ncn(-c3ccc(C#N)cc3)c2C(=O)O1.N#Cc1ccc(-n2cnc3c2C(=O)OC(CI)C3)cc1. The van der Waals surface area contributed by atoms with Crippen LogP contribution in [0.4, 0.5) is 0 Å². The Balaban J connectivity index is 0.000000125. The second-order valence-corrected chi connectivity index (χ2v) is 18.8. The number of hydrogen-bond acceptors (Lipinski definition) is 16. The van der Waals surface area contributed by atoms with Gasteiger partial charge >= 0.3 is 23.9 Å². The third-order valence-corrected chi connectivity index (χ3v) is 13.5. The smallest absolute Gasteiger partial charge is 0.357 e. The molecular weight excluding hydrogens is 1100 g/mol. The van der Waals surface area contributed by atoms with Crippen molar-refractivity contribution in [2.75, 3.05) is 4.43 Å². The van der Waals surface area contributed by atoms with E-state index < -0.39 is 0 Å². The minimum atomic E-state index is -0.351. The topological polar surface area (TPSA) is 272 Å². The Labute approximate surface area is 454 Å². The van der Waals surface area contributed by atoms with Crippen LogP contribution in [0.5, 0.6) is 0 Å². The molecule has 4 aromatic carbocycles. The van der Waals surface area contributed by atoms with E-state index in [4.69, 9.17) is 40.0 Å². The van der Waals surface area contributed by atoms with Crippen molar-refractivity contribution >= 4 is 46.5 Å². The number of aromatic nitrogens is 8. The summed E-state index contributed by atoms with van der Waals surface area (Å²) in [5.74, 6) is -1.39. The van der Waals surface area contributed by atoms with Gasteiger partial charge in [-0.3, -0.25) is 18.3 Å². The number of rotatable bonds is 5. The van der Waals surface area contributed by atoms with Gasteiger partial charge in [-0.1, -0.05) is 22.6 Å². The molecule has 4 aliphatic heterocycles. The van der Waals surface area contributed by atoms with Crippen LogP contribution in [0.2, 0.25) is 0 Å². The molecule has 77 heavy (non-hydrogen) atoms. The Kier molecular flexibility index (Phi) is 15.5. The molecular formula is C56H43IN12O8. The van der Waals surface area contributed by atoms with E-state index in [1.807, 2.05) is 20.8 Å². The molecule has 0 aliphatic carbocycles. The number of hydrogen-bond donors (Lipinski definition) is 0. The molecule has 0 N–H and O–H groups in total. The Morgan fingerprint density at radius 2 is 0.649 bits per heavy atom. The van der Waals surface area contributed by atoms with E-state index in [1.54, 1.807) is 141 Å². The molecule has 8 heterocycles. The molecule has 12 rings (SSSR count). The summed E-state index contributed by atoms with van der Waals surface area (Å²) in [6.45, 7) is 5.55. The molecule has 0 spiro atoms. The highest BCUT2D eigenvalue weighted by molar-refractivity contribution is 14.1. The molecule has 0 fully saturated rings. The summed E-state index contributed by atoms with van der Waals surface area (Å²) in [5.41, 5.74) is 10.4. The van der Waals surface area contributed by atoms with Gasteiger partial charge in [0.15, 0.2) is 22.8 Å². The van der Waals surface area contributed by atoms with E-state index in [2.05, 4.69) is 66.8 Å². The van der Waals surface area contributed by atoms with E-state index in [-0.39, 0.29) is 48.3 Å². The quantitative estimate of drug-likeness (QED) is 0.0688. The predicted molar refractivity (Wildman–Crippen MR) is 281 cm³/mol. The van der Waals surface area contributed by atoms with Gasteiger partial charge in [-0.2, -0.15) is 21.0 Å². The third-order valence-electron chi connectivity index (χ3n) is 12.5. The number of nitriles is 4. The minimum Gasteiger partial charge on any atom is -0.458 e. The third kappa shape index (κ3) is 11.2. The number of fused-ring (bicyclic) bond motifs is 4. The fourth-order valence-corrected chi connectivity index (χ4v) is 9.27. The standard InChI is InChI=1S/C14H10IN3O2.3C14H11N3O2/c15-6-11-5-12-13(14(19)20-11)18(8-17-12)10-3-1-9(7-16)2-4-10;3*1-9-6-12-13(14(18)19-9)17(8-16-12)11-4-2-10(7-15)3-5-11/h1-4,8,11H,5-6H2;3*2-5,8-9H,6H2,1H3. The summed E-state index contributed by atoms with van der Waals surface area (Å²) >= 11 is 2.20. The Morgan fingerprint density at radius 1 is 0.416 bits per heavy atom. The van der Waals surface area contributed by atoms with Gasteiger partial charge in [0.2, 0.25) is 0 Å². The lowest BCUT2D eigenvalue weighted by Crippen LogP contribution is -2.30.